The van der Waals surface area contributed by atoms with Crippen LogP contribution in [0.2, 0.25) is 0 Å². The zero-order chi connectivity index (χ0) is 18.5. The van der Waals surface area contributed by atoms with Crippen molar-refractivity contribution in [3.63, 3.8) is 0 Å². The molecule has 2 aromatic carbocycles. The van der Waals surface area contributed by atoms with Gasteiger partial charge in [-0.15, -0.1) is 0 Å². The Morgan fingerprint density at radius 3 is 2.35 bits per heavy atom. The Bertz CT molecular complexity index is 926. The summed E-state index contributed by atoms with van der Waals surface area (Å²) in [6.07, 6.45) is 1.63. The van der Waals surface area contributed by atoms with Gasteiger partial charge in [0.1, 0.15) is 5.69 Å². The van der Waals surface area contributed by atoms with Crippen molar-refractivity contribution in [3.05, 3.63) is 72.1 Å². The molecule has 5 nitrogen and oxygen atoms in total. The van der Waals surface area contributed by atoms with Crippen LogP contribution in [-0.4, -0.2) is 34.8 Å². The Kier molecular flexibility index (Phi) is 5.27. The molecule has 132 valence electrons. The highest BCUT2D eigenvalue weighted by atomic mass is 16.2. The number of benzene rings is 2. The van der Waals surface area contributed by atoms with Crippen LogP contribution in [0.4, 0.5) is 5.69 Å². The van der Waals surface area contributed by atoms with Crippen LogP contribution in [0.15, 0.2) is 60.8 Å². The number of rotatable bonds is 5. The van der Waals surface area contributed by atoms with E-state index in [0.717, 1.165) is 10.8 Å². The Labute approximate surface area is 152 Å². The summed E-state index contributed by atoms with van der Waals surface area (Å²) < 4.78 is 0. The van der Waals surface area contributed by atoms with Gasteiger partial charge in [-0.2, -0.15) is 0 Å². The molecule has 0 unspecified atom stereocenters. The second-order valence-corrected chi connectivity index (χ2v) is 5.89. The number of anilines is 1. The minimum absolute atomic E-state index is 0.0106. The van der Waals surface area contributed by atoms with E-state index in [1.165, 1.54) is 0 Å². The molecule has 0 atom stereocenters. The van der Waals surface area contributed by atoms with E-state index >= 15 is 0 Å². The lowest BCUT2D eigenvalue weighted by Gasteiger charge is -2.18. The van der Waals surface area contributed by atoms with E-state index in [1.807, 2.05) is 44.2 Å². The largest absolute Gasteiger partial charge is 0.339 e. The van der Waals surface area contributed by atoms with Crippen LogP contribution in [0.3, 0.4) is 0 Å². The highest BCUT2D eigenvalue weighted by Gasteiger charge is 2.14. The van der Waals surface area contributed by atoms with Gasteiger partial charge in [0.25, 0.3) is 11.8 Å². The molecule has 0 aliphatic rings. The minimum atomic E-state index is -0.274. The number of aromatic nitrogens is 1. The van der Waals surface area contributed by atoms with Crippen molar-refractivity contribution in [2.75, 3.05) is 18.4 Å². The second kappa shape index (κ2) is 7.78. The fraction of sp³-hybridized carbons (Fsp3) is 0.190. The number of pyridine rings is 1. The summed E-state index contributed by atoms with van der Waals surface area (Å²) in [5.74, 6) is -0.284. The van der Waals surface area contributed by atoms with E-state index in [9.17, 15) is 9.59 Å². The molecule has 0 saturated heterocycles. The Balaban J connectivity index is 1.78. The van der Waals surface area contributed by atoms with Crippen molar-refractivity contribution in [1.82, 2.24) is 9.88 Å². The van der Waals surface area contributed by atoms with Gasteiger partial charge in [0.05, 0.1) is 0 Å². The molecular formula is C21H21N3O2. The van der Waals surface area contributed by atoms with Gasteiger partial charge >= 0.3 is 0 Å². The predicted octanol–water partition coefficient (Wildman–Crippen LogP) is 3.97. The lowest BCUT2D eigenvalue weighted by molar-refractivity contribution is 0.0773. The molecule has 1 aromatic heterocycles. The van der Waals surface area contributed by atoms with E-state index in [2.05, 4.69) is 10.3 Å². The van der Waals surface area contributed by atoms with Crippen LogP contribution < -0.4 is 5.32 Å². The molecule has 0 spiro atoms. The van der Waals surface area contributed by atoms with Crippen molar-refractivity contribution < 1.29 is 9.59 Å². The van der Waals surface area contributed by atoms with Crippen LogP contribution in [0.5, 0.6) is 0 Å². The Morgan fingerprint density at radius 2 is 1.65 bits per heavy atom. The number of hydrogen-bond donors (Lipinski definition) is 1. The van der Waals surface area contributed by atoms with Crippen molar-refractivity contribution in [1.29, 1.82) is 0 Å². The molecule has 2 amide bonds. The fourth-order valence-corrected chi connectivity index (χ4v) is 2.88. The maximum atomic E-state index is 12.6. The van der Waals surface area contributed by atoms with Gasteiger partial charge in [-0.25, -0.2) is 0 Å². The summed E-state index contributed by atoms with van der Waals surface area (Å²) in [4.78, 5) is 30.9. The predicted molar refractivity (Wildman–Crippen MR) is 103 cm³/mol. The molecule has 3 rings (SSSR count). The van der Waals surface area contributed by atoms with Crippen molar-refractivity contribution in [2.24, 2.45) is 0 Å². The van der Waals surface area contributed by atoms with Crippen LogP contribution in [0, 0.1) is 0 Å². The highest BCUT2D eigenvalue weighted by Crippen LogP contribution is 2.18. The minimum Gasteiger partial charge on any atom is -0.339 e. The third-order valence-electron chi connectivity index (χ3n) is 4.33. The third-order valence-corrected chi connectivity index (χ3v) is 4.33. The zero-order valence-corrected chi connectivity index (χ0v) is 14.9. The first-order chi connectivity index (χ1) is 12.6. The highest BCUT2D eigenvalue weighted by molar-refractivity contribution is 6.11. The lowest BCUT2D eigenvalue weighted by atomic mass is 10.1. The molecule has 3 aromatic rings. The topological polar surface area (TPSA) is 62.3 Å². The number of hydrogen-bond acceptors (Lipinski definition) is 3. The molecule has 5 heteroatoms. The number of carbonyl (C=O) groups excluding carboxylic acids is 2. The summed E-state index contributed by atoms with van der Waals surface area (Å²) in [7, 11) is 0. The quantitative estimate of drug-likeness (QED) is 0.760. The van der Waals surface area contributed by atoms with E-state index in [0.29, 0.717) is 30.0 Å². The van der Waals surface area contributed by atoms with Crippen LogP contribution in [0.1, 0.15) is 34.7 Å². The number of nitrogens with one attached hydrogen (secondary N) is 1. The van der Waals surface area contributed by atoms with Gasteiger partial charge in [-0.05, 0) is 49.6 Å². The first-order valence-electron chi connectivity index (χ1n) is 8.68. The number of nitrogens with zero attached hydrogens (tertiary/aromatic N) is 2. The van der Waals surface area contributed by atoms with Crippen molar-refractivity contribution in [2.45, 2.75) is 13.8 Å². The smallest absolute Gasteiger partial charge is 0.274 e. The molecule has 0 aliphatic heterocycles. The van der Waals surface area contributed by atoms with Crippen LogP contribution in [0.25, 0.3) is 10.8 Å². The van der Waals surface area contributed by atoms with Gasteiger partial charge in [0.15, 0.2) is 0 Å². The summed E-state index contributed by atoms with van der Waals surface area (Å²) in [5, 5.41) is 4.62. The lowest BCUT2D eigenvalue weighted by Crippen LogP contribution is -2.30. The third kappa shape index (κ3) is 3.57. The van der Waals surface area contributed by atoms with Crippen LogP contribution in [-0.2, 0) is 0 Å². The normalized spacial score (nSPS) is 10.5. The van der Waals surface area contributed by atoms with E-state index in [1.54, 1.807) is 35.4 Å². The van der Waals surface area contributed by atoms with E-state index in [4.69, 9.17) is 0 Å². The standard InChI is InChI=1S/C21H21N3O2/c1-3-24(4-2)21(26)16-9-11-17(12-10-16)23-20(25)19-18-8-6-5-7-15(18)13-14-22-19/h5-14H,3-4H2,1-2H3,(H,23,25). The van der Waals surface area contributed by atoms with E-state index < -0.39 is 0 Å². The first kappa shape index (κ1) is 17.6. The second-order valence-electron chi connectivity index (χ2n) is 5.89. The maximum Gasteiger partial charge on any atom is 0.274 e. The SMILES string of the molecule is CCN(CC)C(=O)c1ccc(NC(=O)c2nccc3ccccc23)cc1. The van der Waals surface area contributed by atoms with Gasteiger partial charge < -0.3 is 10.2 Å². The van der Waals surface area contributed by atoms with Gasteiger partial charge in [-0.3, -0.25) is 14.6 Å². The van der Waals surface area contributed by atoms with Gasteiger partial charge in [-0.1, -0.05) is 24.3 Å². The summed E-state index contributed by atoms with van der Waals surface area (Å²) in [5.41, 5.74) is 1.61. The maximum absolute atomic E-state index is 12.6. The molecule has 0 radical (unpaired) electrons. The first-order valence-corrected chi connectivity index (χ1v) is 8.68. The molecule has 0 saturated carbocycles. The summed E-state index contributed by atoms with van der Waals surface area (Å²) >= 11 is 0. The number of fused-ring (bicyclic) bond motifs is 1. The summed E-state index contributed by atoms with van der Waals surface area (Å²) in [6, 6.07) is 16.4. The summed E-state index contributed by atoms with van der Waals surface area (Å²) in [6.45, 7) is 5.24. The van der Waals surface area contributed by atoms with Crippen molar-refractivity contribution in [3.8, 4) is 0 Å². The van der Waals surface area contributed by atoms with Crippen molar-refractivity contribution >= 4 is 28.3 Å². The average Bonchev–Trinajstić information content (AvgIpc) is 2.69. The number of carbonyl (C=O) groups is 2. The molecule has 1 N–H and O–H groups in total. The van der Waals surface area contributed by atoms with Gasteiger partial charge in [0.2, 0.25) is 0 Å². The Morgan fingerprint density at radius 1 is 0.962 bits per heavy atom. The zero-order valence-electron chi connectivity index (χ0n) is 14.9. The monoisotopic (exact) mass is 347 g/mol. The average molecular weight is 347 g/mol. The molecule has 26 heavy (non-hydrogen) atoms. The molecule has 0 aliphatic carbocycles. The Hall–Kier alpha value is -3.21. The van der Waals surface area contributed by atoms with Crippen LogP contribution >= 0.6 is 0 Å². The van der Waals surface area contributed by atoms with E-state index in [-0.39, 0.29) is 11.8 Å². The molecular weight excluding hydrogens is 326 g/mol. The van der Waals surface area contributed by atoms with Gasteiger partial charge in [0, 0.05) is 35.9 Å². The molecule has 0 bridgehead atoms. The fourth-order valence-electron chi connectivity index (χ4n) is 2.88. The number of amides is 2. The molecule has 1 heterocycles. The molecule has 0 fully saturated rings.